The zero-order valence-corrected chi connectivity index (χ0v) is 12.6. The third-order valence-electron chi connectivity index (χ3n) is 3.93. The van der Waals surface area contributed by atoms with Gasteiger partial charge in [-0.15, -0.1) is 0 Å². The van der Waals surface area contributed by atoms with E-state index in [2.05, 4.69) is 42.8 Å². The standard InChI is InChI=1S/C13H25NOS2/c1-10-13(17-8-7-16-10)12(14-2)9-11-3-5-15-6-4-11/h10-14H,3-9H2,1-2H3. The SMILES string of the molecule is CNC(CC1CCOCC1)C1SCCSC1C. The quantitative estimate of drug-likeness (QED) is 0.851. The zero-order valence-electron chi connectivity index (χ0n) is 11.0. The molecule has 0 spiro atoms. The van der Waals surface area contributed by atoms with Gasteiger partial charge in [-0.2, -0.15) is 23.5 Å². The highest BCUT2D eigenvalue weighted by Gasteiger charge is 2.31. The van der Waals surface area contributed by atoms with Crippen LogP contribution in [0.3, 0.4) is 0 Å². The first-order valence-electron chi connectivity index (χ1n) is 6.79. The van der Waals surface area contributed by atoms with Crippen LogP contribution in [0.15, 0.2) is 0 Å². The summed E-state index contributed by atoms with van der Waals surface area (Å²) in [6.07, 6.45) is 3.86. The van der Waals surface area contributed by atoms with Crippen molar-refractivity contribution in [3.63, 3.8) is 0 Å². The Labute approximate surface area is 114 Å². The van der Waals surface area contributed by atoms with E-state index in [1.54, 1.807) is 0 Å². The van der Waals surface area contributed by atoms with Gasteiger partial charge < -0.3 is 10.1 Å². The molecule has 0 radical (unpaired) electrons. The maximum absolute atomic E-state index is 5.45. The Morgan fingerprint density at radius 3 is 2.59 bits per heavy atom. The molecule has 4 heteroatoms. The van der Waals surface area contributed by atoms with Crippen molar-refractivity contribution in [3.05, 3.63) is 0 Å². The molecule has 100 valence electrons. The number of nitrogens with one attached hydrogen (secondary N) is 1. The maximum atomic E-state index is 5.45. The molecule has 2 rings (SSSR count). The van der Waals surface area contributed by atoms with Crippen LogP contribution in [0.5, 0.6) is 0 Å². The van der Waals surface area contributed by atoms with Gasteiger partial charge in [0.25, 0.3) is 0 Å². The fraction of sp³-hybridized carbons (Fsp3) is 1.00. The summed E-state index contributed by atoms with van der Waals surface area (Å²) in [5, 5.41) is 5.16. The summed E-state index contributed by atoms with van der Waals surface area (Å²) >= 11 is 4.32. The van der Waals surface area contributed by atoms with E-state index in [-0.39, 0.29) is 0 Å². The monoisotopic (exact) mass is 275 g/mol. The molecule has 0 saturated carbocycles. The van der Waals surface area contributed by atoms with Crippen molar-refractivity contribution in [2.45, 2.75) is 42.7 Å². The first-order chi connectivity index (χ1) is 8.31. The van der Waals surface area contributed by atoms with Gasteiger partial charge in [0.05, 0.1) is 0 Å². The fourth-order valence-electron chi connectivity index (χ4n) is 2.85. The topological polar surface area (TPSA) is 21.3 Å². The molecule has 17 heavy (non-hydrogen) atoms. The fourth-order valence-corrected chi connectivity index (χ4v) is 5.86. The average Bonchev–Trinajstić information content (AvgIpc) is 2.38. The number of hydrogen-bond donors (Lipinski definition) is 1. The lowest BCUT2D eigenvalue weighted by molar-refractivity contribution is 0.0607. The molecule has 0 aromatic carbocycles. The van der Waals surface area contributed by atoms with Crippen LogP contribution < -0.4 is 5.32 Å². The average molecular weight is 275 g/mol. The molecule has 2 nitrogen and oxygen atoms in total. The first kappa shape index (κ1) is 14.0. The van der Waals surface area contributed by atoms with E-state index in [1.165, 1.54) is 30.8 Å². The molecule has 2 saturated heterocycles. The van der Waals surface area contributed by atoms with E-state index in [0.29, 0.717) is 6.04 Å². The van der Waals surface area contributed by atoms with Crippen molar-refractivity contribution < 1.29 is 4.74 Å². The highest BCUT2D eigenvalue weighted by molar-refractivity contribution is 8.07. The molecule has 2 aliphatic rings. The highest BCUT2D eigenvalue weighted by Crippen LogP contribution is 2.35. The summed E-state index contributed by atoms with van der Waals surface area (Å²) in [6, 6.07) is 0.686. The molecule has 0 bridgehead atoms. The van der Waals surface area contributed by atoms with E-state index in [4.69, 9.17) is 4.74 Å². The number of thioether (sulfide) groups is 2. The van der Waals surface area contributed by atoms with Gasteiger partial charge in [-0.05, 0) is 32.2 Å². The van der Waals surface area contributed by atoms with Crippen molar-refractivity contribution in [2.75, 3.05) is 31.8 Å². The van der Waals surface area contributed by atoms with E-state index < -0.39 is 0 Å². The Balaban J connectivity index is 1.85. The predicted octanol–water partition coefficient (Wildman–Crippen LogP) is 2.63. The summed E-state index contributed by atoms with van der Waals surface area (Å²) in [6.45, 7) is 4.35. The van der Waals surface area contributed by atoms with E-state index >= 15 is 0 Å². The zero-order chi connectivity index (χ0) is 12.1. The smallest absolute Gasteiger partial charge is 0.0468 e. The van der Waals surface area contributed by atoms with Gasteiger partial charge in [-0.3, -0.25) is 0 Å². The summed E-state index contributed by atoms with van der Waals surface area (Å²) < 4.78 is 5.45. The van der Waals surface area contributed by atoms with E-state index in [0.717, 1.165) is 29.6 Å². The van der Waals surface area contributed by atoms with Crippen LogP contribution in [0.2, 0.25) is 0 Å². The minimum Gasteiger partial charge on any atom is -0.381 e. The van der Waals surface area contributed by atoms with Crippen LogP contribution in [0.1, 0.15) is 26.2 Å². The Kier molecular flexibility index (Phi) is 6.00. The van der Waals surface area contributed by atoms with Crippen LogP contribution >= 0.6 is 23.5 Å². The Bertz CT molecular complexity index is 221. The molecule has 0 amide bonds. The van der Waals surface area contributed by atoms with Gasteiger partial charge in [0.15, 0.2) is 0 Å². The highest BCUT2D eigenvalue weighted by atomic mass is 32.2. The third kappa shape index (κ3) is 4.05. The van der Waals surface area contributed by atoms with Gasteiger partial charge in [0.1, 0.15) is 0 Å². The Morgan fingerprint density at radius 2 is 1.94 bits per heavy atom. The van der Waals surface area contributed by atoms with Crippen molar-refractivity contribution in [1.82, 2.24) is 5.32 Å². The van der Waals surface area contributed by atoms with Crippen molar-refractivity contribution in [3.8, 4) is 0 Å². The summed E-state index contributed by atoms with van der Waals surface area (Å²) in [5.74, 6) is 3.53. The van der Waals surface area contributed by atoms with E-state index in [9.17, 15) is 0 Å². The van der Waals surface area contributed by atoms with Crippen molar-refractivity contribution in [1.29, 1.82) is 0 Å². The summed E-state index contributed by atoms with van der Waals surface area (Å²) in [5.41, 5.74) is 0. The predicted molar refractivity (Wildman–Crippen MR) is 79.2 cm³/mol. The largest absolute Gasteiger partial charge is 0.381 e. The second-order valence-corrected chi connectivity index (χ2v) is 7.87. The molecule has 3 unspecified atom stereocenters. The maximum Gasteiger partial charge on any atom is 0.0468 e. The van der Waals surface area contributed by atoms with Crippen LogP contribution in [0.25, 0.3) is 0 Å². The van der Waals surface area contributed by atoms with Gasteiger partial charge in [-0.25, -0.2) is 0 Å². The van der Waals surface area contributed by atoms with Gasteiger partial charge in [0.2, 0.25) is 0 Å². The van der Waals surface area contributed by atoms with Crippen molar-refractivity contribution >= 4 is 23.5 Å². The lowest BCUT2D eigenvalue weighted by atomic mass is 9.90. The van der Waals surface area contributed by atoms with Crippen LogP contribution in [0, 0.1) is 5.92 Å². The van der Waals surface area contributed by atoms with Crippen LogP contribution in [0.4, 0.5) is 0 Å². The molecule has 1 N–H and O–H groups in total. The summed E-state index contributed by atoms with van der Waals surface area (Å²) in [7, 11) is 2.14. The Morgan fingerprint density at radius 1 is 1.24 bits per heavy atom. The van der Waals surface area contributed by atoms with Crippen LogP contribution in [-0.4, -0.2) is 48.3 Å². The molecule has 0 aliphatic carbocycles. The third-order valence-corrected chi connectivity index (χ3v) is 7.18. The summed E-state index contributed by atoms with van der Waals surface area (Å²) in [4.78, 5) is 0. The second-order valence-electron chi connectivity index (χ2n) is 5.10. The normalized spacial score (nSPS) is 33.5. The molecule has 2 aliphatic heterocycles. The van der Waals surface area contributed by atoms with Gasteiger partial charge >= 0.3 is 0 Å². The molecular formula is C13H25NOS2. The molecule has 2 heterocycles. The molecule has 0 aromatic heterocycles. The number of rotatable bonds is 4. The van der Waals surface area contributed by atoms with Crippen LogP contribution in [-0.2, 0) is 4.74 Å². The molecule has 2 fully saturated rings. The Hall–Kier alpha value is 0.620. The number of hydrogen-bond acceptors (Lipinski definition) is 4. The lowest BCUT2D eigenvalue weighted by Crippen LogP contribution is -2.44. The lowest BCUT2D eigenvalue weighted by Gasteiger charge is -2.36. The van der Waals surface area contributed by atoms with Crippen molar-refractivity contribution in [2.24, 2.45) is 5.92 Å². The molecular weight excluding hydrogens is 250 g/mol. The van der Waals surface area contributed by atoms with Gasteiger partial charge in [0, 0.05) is 41.3 Å². The number of ether oxygens (including phenoxy) is 1. The minimum atomic E-state index is 0.686. The molecule has 3 atom stereocenters. The minimum absolute atomic E-state index is 0.686. The first-order valence-corrected chi connectivity index (χ1v) is 8.89. The molecule has 0 aromatic rings. The van der Waals surface area contributed by atoms with Gasteiger partial charge in [-0.1, -0.05) is 6.92 Å². The van der Waals surface area contributed by atoms with E-state index in [1.807, 2.05) is 0 Å². The second kappa shape index (κ2) is 7.27.